The van der Waals surface area contributed by atoms with Gasteiger partial charge in [-0.2, -0.15) is 0 Å². The molecule has 1 saturated carbocycles. The van der Waals surface area contributed by atoms with Gasteiger partial charge in [-0.3, -0.25) is 4.79 Å². The number of carbonyl (C=O) groups excluding carboxylic acids is 1. The topological polar surface area (TPSA) is 55.1 Å². The highest BCUT2D eigenvalue weighted by Crippen LogP contribution is 2.32. The van der Waals surface area contributed by atoms with Crippen molar-refractivity contribution >= 4 is 11.6 Å². The zero-order valence-electron chi connectivity index (χ0n) is 10.3. The van der Waals surface area contributed by atoms with Crippen LogP contribution in [0.15, 0.2) is 24.3 Å². The first-order chi connectivity index (χ1) is 8.15. The Labute approximate surface area is 102 Å². The van der Waals surface area contributed by atoms with Gasteiger partial charge in [-0.25, -0.2) is 0 Å². The summed E-state index contributed by atoms with van der Waals surface area (Å²) in [5.74, 6) is 0.859. The molecule has 1 amide bonds. The van der Waals surface area contributed by atoms with Crippen molar-refractivity contribution in [3.63, 3.8) is 0 Å². The minimum Gasteiger partial charge on any atom is -0.399 e. The van der Waals surface area contributed by atoms with Crippen molar-refractivity contribution in [2.24, 2.45) is 5.92 Å². The van der Waals surface area contributed by atoms with Crippen molar-refractivity contribution in [2.45, 2.75) is 38.6 Å². The van der Waals surface area contributed by atoms with Crippen LogP contribution in [0.25, 0.3) is 0 Å². The Morgan fingerprint density at radius 2 is 2.29 bits per heavy atom. The molecule has 3 heteroatoms. The SMILES string of the molecule is CC(NC(=O)CCc1cccc(N)c1)C1CC1. The largest absolute Gasteiger partial charge is 0.399 e. The maximum atomic E-state index is 11.7. The fourth-order valence-corrected chi connectivity index (χ4v) is 2.05. The third-order valence-corrected chi connectivity index (χ3v) is 3.31. The van der Waals surface area contributed by atoms with Gasteiger partial charge >= 0.3 is 0 Å². The number of hydrogen-bond acceptors (Lipinski definition) is 2. The Kier molecular flexibility index (Phi) is 3.67. The minimum atomic E-state index is 0.145. The summed E-state index contributed by atoms with van der Waals surface area (Å²) in [7, 11) is 0. The molecule has 0 spiro atoms. The van der Waals surface area contributed by atoms with Gasteiger partial charge in [0, 0.05) is 18.2 Å². The number of benzene rings is 1. The van der Waals surface area contributed by atoms with Gasteiger partial charge in [0.2, 0.25) is 5.91 Å². The van der Waals surface area contributed by atoms with Gasteiger partial charge in [-0.15, -0.1) is 0 Å². The highest BCUT2D eigenvalue weighted by molar-refractivity contribution is 5.76. The van der Waals surface area contributed by atoms with Crippen LogP contribution in [-0.2, 0) is 11.2 Å². The van der Waals surface area contributed by atoms with Crippen LogP contribution in [0.5, 0.6) is 0 Å². The van der Waals surface area contributed by atoms with Crippen molar-refractivity contribution in [1.82, 2.24) is 5.32 Å². The monoisotopic (exact) mass is 232 g/mol. The number of rotatable bonds is 5. The normalized spacial score (nSPS) is 16.5. The summed E-state index contributed by atoms with van der Waals surface area (Å²) in [6.45, 7) is 2.09. The molecular weight excluding hydrogens is 212 g/mol. The maximum Gasteiger partial charge on any atom is 0.220 e. The Morgan fingerprint density at radius 1 is 1.53 bits per heavy atom. The molecule has 0 heterocycles. The van der Waals surface area contributed by atoms with Gasteiger partial charge in [0.25, 0.3) is 0 Å². The van der Waals surface area contributed by atoms with E-state index < -0.39 is 0 Å². The van der Waals surface area contributed by atoms with E-state index >= 15 is 0 Å². The average Bonchev–Trinajstić information content (AvgIpc) is 3.10. The lowest BCUT2D eigenvalue weighted by atomic mass is 10.1. The number of aryl methyl sites for hydroxylation is 1. The summed E-state index contributed by atoms with van der Waals surface area (Å²) in [5, 5.41) is 3.06. The van der Waals surface area contributed by atoms with E-state index in [0.29, 0.717) is 18.4 Å². The summed E-state index contributed by atoms with van der Waals surface area (Å²) in [5.41, 5.74) is 7.58. The zero-order chi connectivity index (χ0) is 12.3. The van der Waals surface area contributed by atoms with E-state index in [1.54, 1.807) is 0 Å². The first kappa shape index (κ1) is 12.0. The molecule has 0 bridgehead atoms. The van der Waals surface area contributed by atoms with E-state index in [0.717, 1.165) is 17.7 Å². The Morgan fingerprint density at radius 3 is 2.94 bits per heavy atom. The van der Waals surface area contributed by atoms with Crippen LogP contribution in [-0.4, -0.2) is 11.9 Å². The molecule has 92 valence electrons. The summed E-state index contributed by atoms with van der Waals surface area (Å²) >= 11 is 0. The smallest absolute Gasteiger partial charge is 0.220 e. The van der Waals surface area contributed by atoms with Gasteiger partial charge in [0.15, 0.2) is 0 Å². The molecule has 1 aliphatic rings. The average molecular weight is 232 g/mol. The summed E-state index contributed by atoms with van der Waals surface area (Å²) in [4.78, 5) is 11.7. The van der Waals surface area contributed by atoms with E-state index in [4.69, 9.17) is 5.73 Å². The summed E-state index contributed by atoms with van der Waals surface area (Å²) in [6.07, 6.45) is 3.82. The molecule has 0 aliphatic heterocycles. The molecule has 2 rings (SSSR count). The van der Waals surface area contributed by atoms with Gasteiger partial charge < -0.3 is 11.1 Å². The third kappa shape index (κ3) is 3.77. The molecule has 17 heavy (non-hydrogen) atoms. The number of amides is 1. The van der Waals surface area contributed by atoms with Crippen molar-refractivity contribution in [3.8, 4) is 0 Å². The first-order valence-electron chi connectivity index (χ1n) is 6.29. The van der Waals surface area contributed by atoms with Crippen molar-refractivity contribution in [1.29, 1.82) is 0 Å². The van der Waals surface area contributed by atoms with E-state index in [-0.39, 0.29) is 5.91 Å². The minimum absolute atomic E-state index is 0.145. The molecule has 1 atom stereocenters. The number of nitrogens with one attached hydrogen (secondary N) is 1. The second kappa shape index (κ2) is 5.21. The molecule has 1 fully saturated rings. The molecule has 0 radical (unpaired) electrons. The Hall–Kier alpha value is -1.51. The van der Waals surface area contributed by atoms with E-state index in [9.17, 15) is 4.79 Å². The lowest BCUT2D eigenvalue weighted by Gasteiger charge is -2.12. The fourth-order valence-electron chi connectivity index (χ4n) is 2.05. The fraction of sp³-hybridized carbons (Fsp3) is 0.500. The molecule has 1 aromatic rings. The molecule has 1 aliphatic carbocycles. The summed E-state index contributed by atoms with van der Waals surface area (Å²) in [6, 6.07) is 8.06. The van der Waals surface area contributed by atoms with Gasteiger partial charge in [-0.05, 0) is 49.8 Å². The number of anilines is 1. The number of nitrogens with two attached hydrogens (primary N) is 1. The van der Waals surface area contributed by atoms with Crippen LogP contribution in [0.3, 0.4) is 0 Å². The molecule has 0 aromatic heterocycles. The van der Waals surface area contributed by atoms with Gasteiger partial charge in [-0.1, -0.05) is 12.1 Å². The summed E-state index contributed by atoms with van der Waals surface area (Å²) < 4.78 is 0. The number of nitrogen functional groups attached to an aromatic ring is 1. The van der Waals surface area contributed by atoms with Crippen molar-refractivity contribution in [3.05, 3.63) is 29.8 Å². The van der Waals surface area contributed by atoms with E-state index in [2.05, 4.69) is 12.2 Å². The quantitative estimate of drug-likeness (QED) is 0.764. The van der Waals surface area contributed by atoms with Crippen molar-refractivity contribution < 1.29 is 4.79 Å². The predicted molar refractivity (Wildman–Crippen MR) is 69.5 cm³/mol. The van der Waals surface area contributed by atoms with Crippen LogP contribution >= 0.6 is 0 Å². The van der Waals surface area contributed by atoms with Gasteiger partial charge in [0.1, 0.15) is 0 Å². The maximum absolute atomic E-state index is 11.7. The zero-order valence-corrected chi connectivity index (χ0v) is 10.3. The molecule has 3 N–H and O–H groups in total. The molecule has 1 unspecified atom stereocenters. The highest BCUT2D eigenvalue weighted by atomic mass is 16.1. The lowest BCUT2D eigenvalue weighted by molar-refractivity contribution is -0.121. The molecule has 3 nitrogen and oxygen atoms in total. The van der Waals surface area contributed by atoms with Crippen LogP contribution in [0.2, 0.25) is 0 Å². The van der Waals surface area contributed by atoms with Crippen molar-refractivity contribution in [2.75, 3.05) is 5.73 Å². The number of hydrogen-bond donors (Lipinski definition) is 2. The van der Waals surface area contributed by atoms with Gasteiger partial charge in [0.05, 0.1) is 0 Å². The second-order valence-electron chi connectivity index (χ2n) is 4.94. The van der Waals surface area contributed by atoms with E-state index in [1.165, 1.54) is 12.8 Å². The Bertz CT molecular complexity index is 399. The molecular formula is C14H20N2O. The standard InChI is InChI=1S/C14H20N2O/c1-10(12-6-7-12)16-14(17)8-5-11-3-2-4-13(15)9-11/h2-4,9-10,12H,5-8,15H2,1H3,(H,16,17). The third-order valence-electron chi connectivity index (χ3n) is 3.31. The molecule has 1 aromatic carbocycles. The second-order valence-corrected chi connectivity index (χ2v) is 4.94. The van der Waals surface area contributed by atoms with Crippen LogP contribution in [0.4, 0.5) is 5.69 Å². The predicted octanol–water partition coefficient (Wildman–Crippen LogP) is 2.12. The van der Waals surface area contributed by atoms with Crippen LogP contribution < -0.4 is 11.1 Å². The van der Waals surface area contributed by atoms with E-state index in [1.807, 2.05) is 24.3 Å². The highest BCUT2D eigenvalue weighted by Gasteiger charge is 2.28. The Balaban J connectivity index is 1.75. The van der Waals surface area contributed by atoms with Crippen LogP contribution in [0, 0.1) is 5.92 Å². The number of carbonyl (C=O) groups is 1. The lowest BCUT2D eigenvalue weighted by Crippen LogP contribution is -2.34. The molecule has 0 saturated heterocycles. The van der Waals surface area contributed by atoms with Crippen LogP contribution in [0.1, 0.15) is 31.7 Å². The first-order valence-corrected chi connectivity index (χ1v) is 6.29.